The van der Waals surface area contributed by atoms with Crippen molar-refractivity contribution in [2.24, 2.45) is 0 Å². The topological polar surface area (TPSA) is 55.4 Å². The van der Waals surface area contributed by atoms with Crippen LogP contribution in [-0.4, -0.2) is 18.5 Å². The molecular weight excluding hydrogens is 256 g/mol. The molecule has 4 nitrogen and oxygen atoms in total. The number of benzene rings is 1. The first-order chi connectivity index (χ1) is 9.02. The van der Waals surface area contributed by atoms with Gasteiger partial charge in [-0.2, -0.15) is 0 Å². The fraction of sp³-hybridized carbons (Fsp3) is 0.385. The second kappa shape index (κ2) is 7.45. The van der Waals surface area contributed by atoms with E-state index in [1.807, 2.05) is 0 Å². The number of hydrogen-bond donors (Lipinski definition) is 1. The molecule has 0 spiro atoms. The van der Waals surface area contributed by atoms with Crippen LogP contribution < -0.4 is 5.32 Å². The minimum atomic E-state index is -0.591. The molecule has 0 aliphatic heterocycles. The normalized spacial score (nSPS) is 10.1. The lowest BCUT2D eigenvalue weighted by Gasteiger charge is -2.06. The maximum Gasteiger partial charge on any atom is 0.306 e. The van der Waals surface area contributed by atoms with Gasteiger partial charge in [-0.15, -0.1) is 0 Å². The molecule has 0 aromatic heterocycles. The second-order valence-electron chi connectivity index (χ2n) is 3.82. The van der Waals surface area contributed by atoms with Crippen molar-refractivity contribution < 1.29 is 23.1 Å². The van der Waals surface area contributed by atoms with Gasteiger partial charge in [-0.25, -0.2) is 8.78 Å². The van der Waals surface area contributed by atoms with Crippen LogP contribution >= 0.6 is 0 Å². The molecule has 0 bridgehead atoms. The summed E-state index contributed by atoms with van der Waals surface area (Å²) in [5.74, 6) is -2.05. The average molecular weight is 271 g/mol. The summed E-state index contributed by atoms with van der Waals surface area (Å²) in [7, 11) is 0. The molecular formula is C13H15F2NO3. The van der Waals surface area contributed by atoms with Crippen LogP contribution in [0.15, 0.2) is 18.2 Å². The molecule has 0 radical (unpaired) electrons. The zero-order valence-electron chi connectivity index (χ0n) is 10.5. The van der Waals surface area contributed by atoms with Crippen LogP contribution in [-0.2, 0) is 20.9 Å². The smallest absolute Gasteiger partial charge is 0.306 e. The standard InChI is InChI=1S/C13H15F2NO3/c1-2-19-13(18)6-5-12(17)16-8-9-7-10(14)3-4-11(9)15/h3-4,7H,2,5-6,8H2,1H3,(H,16,17). The van der Waals surface area contributed by atoms with Gasteiger partial charge in [0.25, 0.3) is 0 Å². The van der Waals surface area contributed by atoms with Gasteiger partial charge in [0.15, 0.2) is 0 Å². The van der Waals surface area contributed by atoms with Crippen LogP contribution in [0.1, 0.15) is 25.3 Å². The Kier molecular flexibility index (Phi) is 5.92. The van der Waals surface area contributed by atoms with E-state index in [0.29, 0.717) is 0 Å². The number of nitrogens with one attached hydrogen (secondary N) is 1. The molecule has 1 amide bonds. The first-order valence-corrected chi connectivity index (χ1v) is 5.89. The number of hydrogen-bond acceptors (Lipinski definition) is 3. The van der Waals surface area contributed by atoms with Gasteiger partial charge < -0.3 is 10.1 Å². The van der Waals surface area contributed by atoms with Crippen molar-refractivity contribution in [3.05, 3.63) is 35.4 Å². The Bertz CT molecular complexity index is 463. The first kappa shape index (κ1) is 15.1. The van der Waals surface area contributed by atoms with E-state index in [1.54, 1.807) is 6.92 Å². The lowest BCUT2D eigenvalue weighted by Crippen LogP contribution is -2.24. The third-order valence-corrected chi connectivity index (χ3v) is 2.35. The van der Waals surface area contributed by atoms with Gasteiger partial charge >= 0.3 is 5.97 Å². The van der Waals surface area contributed by atoms with Crippen molar-refractivity contribution in [2.75, 3.05) is 6.61 Å². The highest BCUT2D eigenvalue weighted by Crippen LogP contribution is 2.09. The van der Waals surface area contributed by atoms with Crippen molar-refractivity contribution in [3.63, 3.8) is 0 Å². The van der Waals surface area contributed by atoms with E-state index in [4.69, 9.17) is 0 Å². The molecule has 1 aromatic carbocycles. The lowest BCUT2D eigenvalue weighted by molar-refractivity contribution is -0.144. The van der Waals surface area contributed by atoms with Gasteiger partial charge in [0.1, 0.15) is 11.6 Å². The van der Waals surface area contributed by atoms with E-state index >= 15 is 0 Å². The van der Waals surface area contributed by atoms with E-state index in [9.17, 15) is 18.4 Å². The Morgan fingerprint density at radius 2 is 2.00 bits per heavy atom. The molecule has 0 saturated carbocycles. The Labute approximate surface area is 109 Å². The second-order valence-corrected chi connectivity index (χ2v) is 3.82. The first-order valence-electron chi connectivity index (χ1n) is 5.89. The van der Waals surface area contributed by atoms with Crippen LogP contribution in [0.2, 0.25) is 0 Å². The third kappa shape index (κ3) is 5.46. The molecule has 0 aliphatic carbocycles. The molecule has 0 heterocycles. The van der Waals surface area contributed by atoms with Crippen LogP contribution in [0.5, 0.6) is 0 Å². The minimum Gasteiger partial charge on any atom is -0.466 e. The fourth-order valence-corrected chi connectivity index (χ4v) is 1.41. The largest absolute Gasteiger partial charge is 0.466 e. The summed E-state index contributed by atoms with van der Waals surface area (Å²) in [6, 6.07) is 3.01. The molecule has 1 N–H and O–H groups in total. The van der Waals surface area contributed by atoms with Gasteiger partial charge in [0, 0.05) is 18.5 Å². The molecule has 0 unspecified atom stereocenters. The van der Waals surface area contributed by atoms with E-state index in [-0.39, 0.29) is 31.6 Å². The van der Waals surface area contributed by atoms with Gasteiger partial charge in [0.05, 0.1) is 13.0 Å². The Morgan fingerprint density at radius 1 is 1.26 bits per heavy atom. The van der Waals surface area contributed by atoms with Gasteiger partial charge in [0.2, 0.25) is 5.91 Å². The predicted octanol–water partition coefficient (Wildman–Crippen LogP) is 1.92. The maximum absolute atomic E-state index is 13.2. The zero-order chi connectivity index (χ0) is 14.3. The van der Waals surface area contributed by atoms with Crippen LogP contribution in [0.25, 0.3) is 0 Å². The summed E-state index contributed by atoms with van der Waals surface area (Å²) in [5.41, 5.74) is 0.0597. The number of halogens is 2. The Hall–Kier alpha value is -1.98. The number of ether oxygens (including phenoxy) is 1. The summed E-state index contributed by atoms with van der Waals surface area (Å²) in [6.45, 7) is 1.81. The molecule has 104 valence electrons. The zero-order valence-corrected chi connectivity index (χ0v) is 10.5. The van der Waals surface area contributed by atoms with Gasteiger partial charge in [-0.3, -0.25) is 9.59 Å². The average Bonchev–Trinajstić information content (AvgIpc) is 2.38. The van der Waals surface area contributed by atoms with E-state index < -0.39 is 23.5 Å². The van der Waals surface area contributed by atoms with Crippen molar-refractivity contribution >= 4 is 11.9 Å². The van der Waals surface area contributed by atoms with Crippen molar-refractivity contribution in [3.8, 4) is 0 Å². The minimum absolute atomic E-state index is 0.0364. The molecule has 0 aliphatic rings. The molecule has 0 atom stereocenters. The number of esters is 1. The molecule has 1 rings (SSSR count). The van der Waals surface area contributed by atoms with Gasteiger partial charge in [-0.1, -0.05) is 0 Å². The number of carbonyl (C=O) groups excluding carboxylic acids is 2. The Morgan fingerprint density at radius 3 is 2.68 bits per heavy atom. The monoisotopic (exact) mass is 271 g/mol. The highest BCUT2D eigenvalue weighted by Gasteiger charge is 2.09. The highest BCUT2D eigenvalue weighted by atomic mass is 19.1. The summed E-state index contributed by atoms with van der Waals surface area (Å²) in [6.07, 6.45) is -0.0823. The lowest BCUT2D eigenvalue weighted by atomic mass is 10.2. The van der Waals surface area contributed by atoms with Crippen LogP contribution in [0.3, 0.4) is 0 Å². The molecule has 19 heavy (non-hydrogen) atoms. The maximum atomic E-state index is 13.2. The SMILES string of the molecule is CCOC(=O)CCC(=O)NCc1cc(F)ccc1F. The van der Waals surface area contributed by atoms with E-state index in [2.05, 4.69) is 10.1 Å². The third-order valence-electron chi connectivity index (χ3n) is 2.35. The van der Waals surface area contributed by atoms with Crippen molar-refractivity contribution in [1.82, 2.24) is 5.32 Å². The number of rotatable bonds is 6. The van der Waals surface area contributed by atoms with E-state index in [1.165, 1.54) is 0 Å². The highest BCUT2D eigenvalue weighted by molar-refractivity contribution is 5.81. The number of carbonyl (C=O) groups is 2. The Balaban J connectivity index is 2.38. The molecule has 6 heteroatoms. The van der Waals surface area contributed by atoms with Gasteiger partial charge in [-0.05, 0) is 25.1 Å². The summed E-state index contributed by atoms with van der Waals surface area (Å²) in [5, 5.41) is 2.41. The summed E-state index contributed by atoms with van der Waals surface area (Å²) >= 11 is 0. The number of amides is 1. The summed E-state index contributed by atoms with van der Waals surface area (Å²) < 4.78 is 30.8. The van der Waals surface area contributed by atoms with Crippen LogP contribution in [0.4, 0.5) is 8.78 Å². The summed E-state index contributed by atoms with van der Waals surface area (Å²) in [4.78, 5) is 22.4. The predicted molar refractivity (Wildman–Crippen MR) is 64.1 cm³/mol. The molecule has 1 aromatic rings. The van der Waals surface area contributed by atoms with E-state index in [0.717, 1.165) is 18.2 Å². The van der Waals surface area contributed by atoms with Crippen molar-refractivity contribution in [2.45, 2.75) is 26.3 Å². The molecule has 0 saturated heterocycles. The quantitative estimate of drug-likeness (QED) is 0.804. The fourth-order valence-electron chi connectivity index (χ4n) is 1.41. The van der Waals surface area contributed by atoms with Crippen LogP contribution in [0, 0.1) is 11.6 Å². The molecule has 0 fully saturated rings. The van der Waals surface area contributed by atoms with Crippen molar-refractivity contribution in [1.29, 1.82) is 0 Å².